The van der Waals surface area contributed by atoms with Crippen LogP contribution in [0.25, 0.3) is 22.5 Å². The van der Waals surface area contributed by atoms with Gasteiger partial charge in [0.2, 0.25) is 0 Å². The van der Waals surface area contributed by atoms with Gasteiger partial charge in [0.1, 0.15) is 11.9 Å². The molecule has 2 heterocycles. The second-order valence-corrected chi connectivity index (χ2v) is 27.5. The van der Waals surface area contributed by atoms with Gasteiger partial charge in [0.05, 0.1) is 5.69 Å². The molecule has 0 fully saturated rings. The molecule has 0 spiro atoms. The zero-order valence-corrected chi connectivity index (χ0v) is 39.1. The molecule has 0 saturated heterocycles. The standard InChI is InChI=1S/C23H34BN3O4Si.C18H27BrN2OSi.3CH4/c1-16(31-32(7,8)23(2,3)4)21-26-20(14-27(21)5)18-11-9-17(10-12-18)13-19(22(28)30-6)25-15-24-29;1-13(22-23(6,7)18(2,3)4)17-20-16(12-21(17)5)14-8-10-15(19)11-9-14;;;/h9-12,14-16,19H,13H2,1-8H3;8-13H,1-7H3;3*1H4. The summed E-state index contributed by atoms with van der Waals surface area (Å²) in [6.07, 6.45) is 5.39. The van der Waals surface area contributed by atoms with E-state index in [1.165, 1.54) is 7.11 Å². The maximum atomic E-state index is 11.9. The van der Waals surface area contributed by atoms with Crippen molar-refractivity contribution in [3.05, 3.63) is 82.6 Å². The minimum absolute atomic E-state index is 0. The molecule has 14 heteroatoms. The first-order chi connectivity index (χ1) is 25.4. The number of esters is 1. The fraction of sp³-hybridized carbons (Fsp3) is 0.545. The second-order valence-electron chi connectivity index (χ2n) is 17.1. The second kappa shape index (κ2) is 22.3. The van der Waals surface area contributed by atoms with Crippen molar-refractivity contribution < 1.29 is 23.1 Å². The van der Waals surface area contributed by atoms with Crippen LogP contribution in [0.3, 0.4) is 0 Å². The van der Waals surface area contributed by atoms with E-state index in [9.17, 15) is 9.50 Å². The molecule has 0 bridgehead atoms. The van der Waals surface area contributed by atoms with Crippen LogP contribution in [0.2, 0.25) is 36.3 Å². The third-order valence-electron chi connectivity index (χ3n) is 10.7. The van der Waals surface area contributed by atoms with Crippen LogP contribution < -0.4 is 0 Å². The Kier molecular flexibility index (Phi) is 21.1. The van der Waals surface area contributed by atoms with E-state index in [4.69, 9.17) is 23.6 Å². The van der Waals surface area contributed by atoms with Crippen molar-refractivity contribution in [2.45, 2.75) is 139 Å². The Labute approximate surface area is 362 Å². The topological polar surface area (TPSA) is 110 Å². The van der Waals surface area contributed by atoms with Crippen LogP contribution in [0, 0.1) is 0 Å². The van der Waals surface area contributed by atoms with Crippen molar-refractivity contribution in [2.75, 3.05) is 7.11 Å². The average Bonchev–Trinajstić information content (AvgIpc) is 3.68. The van der Waals surface area contributed by atoms with Crippen LogP contribution in [-0.2, 0) is 43.6 Å². The number of imidazole rings is 2. The molecule has 4 aromatic rings. The Bertz CT molecular complexity index is 1910. The van der Waals surface area contributed by atoms with Crippen LogP contribution >= 0.6 is 15.9 Å². The molecule has 2 aromatic heterocycles. The summed E-state index contributed by atoms with van der Waals surface area (Å²) in [5.74, 6) is 1.40. The number of aromatic nitrogens is 4. The first-order valence-electron chi connectivity index (χ1n) is 18.7. The van der Waals surface area contributed by atoms with Gasteiger partial charge >= 0.3 is 134 Å². The number of benzene rings is 2. The zero-order valence-electron chi connectivity index (χ0n) is 35.5. The van der Waals surface area contributed by atoms with E-state index in [0.29, 0.717) is 13.6 Å². The number of aliphatic imine (C=N–C) groups is 1. The van der Waals surface area contributed by atoms with Gasteiger partial charge in [0.15, 0.2) is 16.6 Å². The molecule has 0 radical (unpaired) electrons. The number of methoxy groups -OCH3 is 1. The third kappa shape index (κ3) is 14.5. The van der Waals surface area contributed by atoms with E-state index in [2.05, 4.69) is 125 Å². The van der Waals surface area contributed by atoms with Crippen LogP contribution in [0.1, 0.15) is 107 Å². The number of halogens is 1. The molecule has 322 valence electrons. The maximum absolute atomic E-state index is 11.9. The fourth-order valence-corrected chi connectivity index (χ4v) is 8.42. The molecular weight excluding hydrogens is 825 g/mol. The molecule has 0 aliphatic heterocycles. The molecule has 4 rings (SSSR count). The van der Waals surface area contributed by atoms with Gasteiger partial charge in [-0.05, 0) is 62.2 Å². The summed E-state index contributed by atoms with van der Waals surface area (Å²) in [5, 5.41) is 0.323. The predicted molar refractivity (Wildman–Crippen MR) is 253 cm³/mol. The molecule has 0 saturated carbocycles. The Morgan fingerprint density at radius 3 is 1.50 bits per heavy atom. The van der Waals surface area contributed by atoms with Gasteiger partial charge in [-0.15, -0.1) is 0 Å². The number of rotatable bonds is 13. The van der Waals surface area contributed by atoms with E-state index < -0.39 is 28.6 Å². The Morgan fingerprint density at radius 2 is 1.16 bits per heavy atom. The number of hydrogen-bond acceptors (Lipinski definition) is 8. The van der Waals surface area contributed by atoms with Crippen molar-refractivity contribution in [2.24, 2.45) is 19.1 Å². The Morgan fingerprint density at radius 1 is 0.776 bits per heavy atom. The van der Waals surface area contributed by atoms with Gasteiger partial charge in [-0.1, -0.05) is 91.9 Å². The summed E-state index contributed by atoms with van der Waals surface area (Å²) >= 11 is 3.47. The Hall–Kier alpha value is -3.30. The SMILES string of the molecule is C.C.C.CC(O[Si](C)(C)C(C)(C)C)c1nc(-c2ccc(Br)cc2)cn1C.COC(=O)C(Cc1ccc(-c2cn(C)c(C(C)O[Si](C)(C)C(C)(C)C)n2)cc1)N=CB=O. The van der Waals surface area contributed by atoms with Crippen LogP contribution in [0.15, 0.2) is 70.4 Å². The van der Waals surface area contributed by atoms with Gasteiger partial charge in [-0.25, -0.2) is 4.98 Å². The van der Waals surface area contributed by atoms with Gasteiger partial charge in [-0.2, -0.15) is 0 Å². The van der Waals surface area contributed by atoms with Gasteiger partial charge in [0, 0.05) is 23.3 Å². The van der Waals surface area contributed by atoms with Crippen molar-refractivity contribution in [3.63, 3.8) is 0 Å². The quantitative estimate of drug-likeness (QED) is 0.0746. The summed E-state index contributed by atoms with van der Waals surface area (Å²) in [4.78, 5) is 25.5. The average molecular weight is 899 g/mol. The predicted octanol–water partition coefficient (Wildman–Crippen LogP) is 12.2. The van der Waals surface area contributed by atoms with E-state index in [0.717, 1.165) is 50.3 Å². The first kappa shape index (κ1) is 54.7. The monoisotopic (exact) mass is 897 g/mol. The van der Waals surface area contributed by atoms with Gasteiger partial charge in [0.25, 0.3) is 0 Å². The first-order valence-corrected chi connectivity index (χ1v) is 25.3. The summed E-state index contributed by atoms with van der Waals surface area (Å²) in [6, 6.07) is 15.3. The number of ether oxygens (including phenoxy) is 1. The molecule has 0 aliphatic carbocycles. The summed E-state index contributed by atoms with van der Waals surface area (Å²) < 4.78 is 33.5. The third-order valence-corrected chi connectivity index (χ3v) is 20.4. The molecule has 10 nitrogen and oxygen atoms in total. The number of hydrogen-bond donors (Lipinski definition) is 0. The van der Waals surface area contributed by atoms with E-state index in [1.807, 2.05) is 61.3 Å². The number of carbonyl (C=O) groups is 1. The summed E-state index contributed by atoms with van der Waals surface area (Å²) in [7, 11) is 2.16. The van der Waals surface area contributed by atoms with Crippen LogP contribution in [0.4, 0.5) is 0 Å². The molecule has 0 N–H and O–H groups in total. The molecular formula is C44H73BBrN5O5Si2. The number of nitrogens with zero attached hydrogens (tertiary/aromatic N) is 5. The van der Waals surface area contributed by atoms with E-state index >= 15 is 0 Å². The molecule has 3 unspecified atom stereocenters. The summed E-state index contributed by atoms with van der Waals surface area (Å²) in [6.45, 7) is 26.7. The van der Waals surface area contributed by atoms with Gasteiger partial charge < -0.3 is 13.4 Å². The Balaban J connectivity index is 0.00000111. The molecule has 3 atom stereocenters. The van der Waals surface area contributed by atoms with E-state index in [-0.39, 0.29) is 44.6 Å². The van der Waals surface area contributed by atoms with Crippen LogP contribution in [-0.4, -0.2) is 68.1 Å². The fourth-order valence-electron chi connectivity index (χ4n) is 5.47. The summed E-state index contributed by atoms with van der Waals surface area (Å²) in [5.41, 5.74) is 4.86. The van der Waals surface area contributed by atoms with Crippen molar-refractivity contribution in [3.8, 4) is 22.5 Å². The minimum atomic E-state index is -1.91. The normalized spacial score (nSPS) is 13.4. The number of aryl methyl sites for hydroxylation is 2. The molecule has 0 aliphatic rings. The van der Waals surface area contributed by atoms with Crippen LogP contribution in [0.5, 0.6) is 0 Å². The molecule has 2 aromatic carbocycles. The molecule has 58 heavy (non-hydrogen) atoms. The van der Waals surface area contributed by atoms with Gasteiger partial charge in [-0.3, -0.25) is 0 Å². The zero-order chi connectivity index (χ0) is 41.5. The van der Waals surface area contributed by atoms with E-state index in [1.54, 1.807) is 0 Å². The van der Waals surface area contributed by atoms with Crippen molar-refractivity contribution in [1.82, 2.24) is 19.1 Å². The van der Waals surface area contributed by atoms with Crippen molar-refractivity contribution >= 4 is 51.8 Å². The van der Waals surface area contributed by atoms with Crippen molar-refractivity contribution in [1.29, 1.82) is 0 Å². The number of carbonyl (C=O) groups excluding carboxylic acids is 1. The molecule has 0 amide bonds.